The van der Waals surface area contributed by atoms with Crippen molar-refractivity contribution in [2.24, 2.45) is 0 Å². The third kappa shape index (κ3) is 3.69. The Kier molecular flexibility index (Phi) is 5.94. The van der Waals surface area contributed by atoms with Crippen LogP contribution in [0.3, 0.4) is 0 Å². The molecule has 0 spiro atoms. The van der Waals surface area contributed by atoms with Gasteiger partial charge in [0.15, 0.2) is 0 Å². The van der Waals surface area contributed by atoms with E-state index < -0.39 is 17.7 Å². The van der Waals surface area contributed by atoms with Gasteiger partial charge in [0, 0.05) is 38.9 Å². The average molecular weight is 503 g/mol. The number of aliphatic hydroxyl groups is 1. The highest BCUT2D eigenvalue weighted by Gasteiger charge is 2.48. The second-order valence-corrected chi connectivity index (χ2v) is 8.86. The van der Waals surface area contributed by atoms with Crippen LogP contribution in [0, 0.1) is 6.92 Å². The molecule has 182 valence electrons. The molecular weight excluding hydrogens is 480 g/mol. The Morgan fingerprint density at radius 3 is 2.50 bits per heavy atom. The molecule has 3 aromatic carbocycles. The molecule has 7 nitrogen and oxygen atoms in total. The van der Waals surface area contributed by atoms with Crippen LogP contribution in [0.2, 0.25) is 5.02 Å². The van der Waals surface area contributed by atoms with Crippen molar-refractivity contribution in [3.8, 4) is 11.5 Å². The molecule has 1 fully saturated rings. The number of aryl methyl sites for hydroxylation is 1. The molecule has 1 aliphatic rings. The SMILES string of the molecule is COc1ccc(/C(O)=C2\C(=O)C(=O)N(c3cccc(Cl)c3)C2c2c(C)[nH]c3ccccc23)c(OC)c1. The van der Waals surface area contributed by atoms with Crippen molar-refractivity contribution < 1.29 is 24.2 Å². The number of amides is 1. The van der Waals surface area contributed by atoms with E-state index in [1.807, 2.05) is 31.2 Å². The molecule has 4 aromatic rings. The second-order valence-electron chi connectivity index (χ2n) is 8.42. The number of hydrogen-bond donors (Lipinski definition) is 2. The normalized spacial score (nSPS) is 17.1. The number of para-hydroxylation sites is 1. The Balaban J connectivity index is 1.82. The molecule has 1 atom stereocenters. The summed E-state index contributed by atoms with van der Waals surface area (Å²) < 4.78 is 10.7. The van der Waals surface area contributed by atoms with Gasteiger partial charge in [0.05, 0.1) is 31.4 Å². The van der Waals surface area contributed by atoms with E-state index >= 15 is 0 Å². The average Bonchev–Trinajstić information content (AvgIpc) is 3.35. The fourth-order valence-electron chi connectivity index (χ4n) is 4.79. The largest absolute Gasteiger partial charge is 0.507 e. The molecule has 1 unspecified atom stereocenters. The number of fused-ring (bicyclic) bond motifs is 1. The van der Waals surface area contributed by atoms with Crippen molar-refractivity contribution in [3.05, 3.63) is 94.1 Å². The number of ether oxygens (including phenoxy) is 2. The maximum Gasteiger partial charge on any atom is 0.300 e. The number of anilines is 1. The Bertz CT molecular complexity index is 1550. The fourth-order valence-corrected chi connectivity index (χ4v) is 4.97. The third-order valence-electron chi connectivity index (χ3n) is 6.41. The minimum absolute atomic E-state index is 0.0451. The van der Waals surface area contributed by atoms with Crippen LogP contribution in [0.5, 0.6) is 11.5 Å². The number of benzene rings is 3. The summed E-state index contributed by atoms with van der Waals surface area (Å²) in [6.07, 6.45) is 0. The number of carbonyl (C=O) groups excluding carboxylic acids is 2. The van der Waals surface area contributed by atoms with Crippen LogP contribution in [0.25, 0.3) is 16.7 Å². The van der Waals surface area contributed by atoms with Crippen molar-refractivity contribution in [1.82, 2.24) is 4.98 Å². The van der Waals surface area contributed by atoms with Gasteiger partial charge >= 0.3 is 0 Å². The van der Waals surface area contributed by atoms with Crippen molar-refractivity contribution in [1.29, 1.82) is 0 Å². The number of rotatable bonds is 5. The van der Waals surface area contributed by atoms with E-state index in [1.165, 1.54) is 19.1 Å². The number of nitrogens with zero attached hydrogens (tertiary/aromatic N) is 1. The highest BCUT2D eigenvalue weighted by molar-refractivity contribution is 6.52. The number of hydrogen-bond acceptors (Lipinski definition) is 5. The number of nitrogens with one attached hydrogen (secondary N) is 1. The van der Waals surface area contributed by atoms with Crippen LogP contribution in [-0.2, 0) is 9.59 Å². The van der Waals surface area contributed by atoms with E-state index in [0.29, 0.717) is 27.8 Å². The lowest BCUT2D eigenvalue weighted by atomic mass is 9.93. The monoisotopic (exact) mass is 502 g/mol. The Morgan fingerprint density at radius 2 is 1.78 bits per heavy atom. The molecule has 1 aliphatic heterocycles. The van der Waals surface area contributed by atoms with Crippen LogP contribution in [0.4, 0.5) is 5.69 Å². The smallest absolute Gasteiger partial charge is 0.300 e. The minimum Gasteiger partial charge on any atom is -0.507 e. The molecule has 0 radical (unpaired) electrons. The van der Waals surface area contributed by atoms with Crippen molar-refractivity contribution in [3.63, 3.8) is 0 Å². The zero-order valence-corrected chi connectivity index (χ0v) is 20.6. The van der Waals surface area contributed by atoms with Crippen LogP contribution in [0.1, 0.15) is 22.9 Å². The molecule has 1 saturated heterocycles. The minimum atomic E-state index is -0.911. The molecule has 5 rings (SSSR count). The lowest BCUT2D eigenvalue weighted by molar-refractivity contribution is -0.132. The Labute approximate surface area is 212 Å². The van der Waals surface area contributed by atoms with Crippen LogP contribution in [0.15, 0.2) is 72.3 Å². The summed E-state index contributed by atoms with van der Waals surface area (Å²) in [5, 5.41) is 12.8. The first-order valence-electron chi connectivity index (χ1n) is 11.2. The number of aromatic amines is 1. The standard InChI is InChI=1S/C28H23ClN2O5/c1-15-23(19-9-4-5-10-21(19)30-15)25-24(26(32)20-12-11-18(35-2)14-22(20)36-3)27(33)28(34)31(25)17-8-6-7-16(29)13-17/h4-14,25,30,32H,1-3H3/b26-24+. The van der Waals surface area contributed by atoms with E-state index in [4.69, 9.17) is 21.1 Å². The van der Waals surface area contributed by atoms with Crippen molar-refractivity contribution >= 4 is 45.6 Å². The van der Waals surface area contributed by atoms with E-state index in [1.54, 1.807) is 42.5 Å². The summed E-state index contributed by atoms with van der Waals surface area (Å²) in [6, 6.07) is 18.3. The lowest BCUT2D eigenvalue weighted by Crippen LogP contribution is -2.29. The maximum absolute atomic E-state index is 13.5. The molecule has 1 amide bonds. The molecular formula is C28H23ClN2O5. The maximum atomic E-state index is 13.5. The number of aliphatic hydroxyl groups excluding tert-OH is 1. The molecule has 36 heavy (non-hydrogen) atoms. The van der Waals surface area contributed by atoms with Crippen LogP contribution in [-0.4, -0.2) is 36.0 Å². The predicted octanol–water partition coefficient (Wildman–Crippen LogP) is 5.77. The number of carbonyl (C=O) groups is 2. The number of ketones is 1. The van der Waals surface area contributed by atoms with Gasteiger partial charge in [-0.1, -0.05) is 35.9 Å². The molecule has 8 heteroatoms. The van der Waals surface area contributed by atoms with Crippen LogP contribution < -0.4 is 14.4 Å². The molecule has 2 N–H and O–H groups in total. The lowest BCUT2D eigenvalue weighted by Gasteiger charge is -2.26. The first-order chi connectivity index (χ1) is 17.3. The van der Waals surface area contributed by atoms with Crippen LogP contribution >= 0.6 is 11.6 Å². The highest BCUT2D eigenvalue weighted by atomic mass is 35.5. The first-order valence-corrected chi connectivity index (χ1v) is 11.6. The Morgan fingerprint density at radius 1 is 1.00 bits per heavy atom. The molecule has 0 bridgehead atoms. The number of Topliss-reactive ketones (excluding diaryl/α,β-unsaturated/α-hetero) is 1. The van der Waals surface area contributed by atoms with Gasteiger partial charge < -0.3 is 19.6 Å². The van der Waals surface area contributed by atoms with E-state index in [-0.39, 0.29) is 16.9 Å². The summed E-state index contributed by atoms with van der Waals surface area (Å²) in [5.41, 5.74) is 2.99. The van der Waals surface area contributed by atoms with Crippen molar-refractivity contribution in [2.75, 3.05) is 19.1 Å². The fraction of sp³-hybridized carbons (Fsp3) is 0.143. The van der Waals surface area contributed by atoms with Gasteiger partial charge in [-0.25, -0.2) is 0 Å². The molecule has 2 heterocycles. The van der Waals surface area contributed by atoms with Gasteiger partial charge in [0.2, 0.25) is 0 Å². The van der Waals surface area contributed by atoms with Gasteiger partial charge in [-0.05, 0) is 43.3 Å². The first kappa shape index (κ1) is 23.5. The summed E-state index contributed by atoms with van der Waals surface area (Å²) in [7, 11) is 2.97. The highest BCUT2D eigenvalue weighted by Crippen LogP contribution is 2.46. The summed E-state index contributed by atoms with van der Waals surface area (Å²) in [6.45, 7) is 1.88. The zero-order valence-electron chi connectivity index (χ0n) is 19.8. The predicted molar refractivity (Wildman–Crippen MR) is 139 cm³/mol. The van der Waals surface area contributed by atoms with Gasteiger partial charge in [0.1, 0.15) is 17.3 Å². The topological polar surface area (TPSA) is 91.9 Å². The third-order valence-corrected chi connectivity index (χ3v) is 6.65. The summed E-state index contributed by atoms with van der Waals surface area (Å²) in [4.78, 5) is 31.8. The second kappa shape index (κ2) is 9.09. The van der Waals surface area contributed by atoms with Gasteiger partial charge in [-0.15, -0.1) is 0 Å². The van der Waals surface area contributed by atoms with Gasteiger partial charge in [0.25, 0.3) is 11.7 Å². The number of H-pyrrole nitrogens is 1. The molecule has 0 aliphatic carbocycles. The van der Waals surface area contributed by atoms with Crippen molar-refractivity contribution in [2.45, 2.75) is 13.0 Å². The van der Waals surface area contributed by atoms with E-state index in [9.17, 15) is 14.7 Å². The van der Waals surface area contributed by atoms with E-state index in [2.05, 4.69) is 4.98 Å². The Hall–Kier alpha value is -4.23. The quantitative estimate of drug-likeness (QED) is 0.205. The van der Waals surface area contributed by atoms with Gasteiger partial charge in [-0.2, -0.15) is 0 Å². The summed E-state index contributed by atoms with van der Waals surface area (Å²) >= 11 is 6.25. The molecule has 0 saturated carbocycles. The molecule has 1 aromatic heterocycles. The number of methoxy groups -OCH3 is 2. The zero-order chi connectivity index (χ0) is 25.6. The number of aromatic nitrogens is 1. The van der Waals surface area contributed by atoms with E-state index in [0.717, 1.165) is 16.6 Å². The van der Waals surface area contributed by atoms with Gasteiger partial charge in [-0.3, -0.25) is 14.5 Å². The summed E-state index contributed by atoms with van der Waals surface area (Å²) in [5.74, 6) is -1.09. The number of halogens is 1.